The van der Waals surface area contributed by atoms with E-state index in [4.69, 9.17) is 14.7 Å². The van der Waals surface area contributed by atoms with E-state index in [1.54, 1.807) is 24.3 Å². The van der Waals surface area contributed by atoms with E-state index in [0.29, 0.717) is 11.3 Å². The molecular weight excluding hydrogens is 314 g/mol. The lowest BCUT2D eigenvalue weighted by Crippen LogP contribution is -2.20. The molecule has 0 saturated carbocycles. The number of hydrogen-bond acceptors (Lipinski definition) is 6. The van der Waals surface area contributed by atoms with Crippen LogP contribution in [0.15, 0.2) is 42.5 Å². The first-order valence-electron chi connectivity index (χ1n) is 6.78. The first-order valence-corrected chi connectivity index (χ1v) is 6.78. The SMILES string of the molecule is COc1ccc([N+](=O)[O-])cc1OCC(=O)Nc1ccc(C#N)cc1. The molecule has 0 aliphatic heterocycles. The number of carbonyl (C=O) groups excluding carboxylic acids is 1. The third-order valence-corrected chi connectivity index (χ3v) is 3.01. The molecule has 0 bridgehead atoms. The van der Waals surface area contributed by atoms with Gasteiger partial charge in [-0.1, -0.05) is 0 Å². The number of amides is 1. The van der Waals surface area contributed by atoms with Crippen LogP contribution < -0.4 is 14.8 Å². The Morgan fingerprint density at radius 2 is 1.96 bits per heavy atom. The maximum atomic E-state index is 11.9. The second-order valence-electron chi connectivity index (χ2n) is 4.62. The minimum absolute atomic E-state index is 0.0988. The number of benzene rings is 2. The molecule has 1 amide bonds. The monoisotopic (exact) mass is 327 g/mol. The molecule has 0 aromatic heterocycles. The molecule has 0 fully saturated rings. The summed E-state index contributed by atoms with van der Waals surface area (Å²) in [7, 11) is 1.39. The third-order valence-electron chi connectivity index (χ3n) is 3.01. The van der Waals surface area contributed by atoms with Gasteiger partial charge >= 0.3 is 0 Å². The number of nitriles is 1. The Hall–Kier alpha value is -3.60. The van der Waals surface area contributed by atoms with Crippen molar-refractivity contribution in [2.24, 2.45) is 0 Å². The van der Waals surface area contributed by atoms with Crippen molar-refractivity contribution in [3.63, 3.8) is 0 Å². The zero-order valence-electron chi connectivity index (χ0n) is 12.7. The maximum absolute atomic E-state index is 11.9. The molecule has 2 aromatic carbocycles. The Bertz CT molecular complexity index is 796. The number of nitro benzene ring substituents is 1. The lowest BCUT2D eigenvalue weighted by Gasteiger charge is -2.10. The predicted octanol–water partition coefficient (Wildman–Crippen LogP) is 2.49. The molecule has 8 nitrogen and oxygen atoms in total. The highest BCUT2D eigenvalue weighted by Gasteiger charge is 2.14. The summed E-state index contributed by atoms with van der Waals surface area (Å²) in [6, 6.07) is 12.2. The van der Waals surface area contributed by atoms with Gasteiger partial charge in [-0.3, -0.25) is 14.9 Å². The molecule has 8 heteroatoms. The number of nitrogens with zero attached hydrogens (tertiary/aromatic N) is 2. The van der Waals surface area contributed by atoms with Crippen LogP contribution >= 0.6 is 0 Å². The number of anilines is 1. The molecule has 0 heterocycles. The standard InChI is InChI=1S/C16H13N3O5/c1-23-14-7-6-13(19(21)22)8-15(14)24-10-16(20)18-12-4-2-11(9-17)3-5-12/h2-8H,10H2,1H3,(H,18,20). The summed E-state index contributed by atoms with van der Waals surface area (Å²) in [6.07, 6.45) is 0. The fourth-order valence-electron chi connectivity index (χ4n) is 1.86. The van der Waals surface area contributed by atoms with Gasteiger partial charge in [-0.25, -0.2) is 0 Å². The summed E-state index contributed by atoms with van der Waals surface area (Å²) in [5.41, 5.74) is 0.817. The first-order chi connectivity index (χ1) is 11.5. The Morgan fingerprint density at radius 1 is 1.25 bits per heavy atom. The lowest BCUT2D eigenvalue weighted by atomic mass is 10.2. The molecule has 2 aromatic rings. The van der Waals surface area contributed by atoms with Gasteiger partial charge in [-0.2, -0.15) is 5.26 Å². The maximum Gasteiger partial charge on any atom is 0.273 e. The second-order valence-corrected chi connectivity index (χ2v) is 4.62. The van der Waals surface area contributed by atoms with Crippen molar-refractivity contribution in [3.8, 4) is 17.6 Å². The number of nitrogens with one attached hydrogen (secondary N) is 1. The third kappa shape index (κ3) is 4.20. The quantitative estimate of drug-likeness (QED) is 0.644. The lowest BCUT2D eigenvalue weighted by molar-refractivity contribution is -0.385. The topological polar surface area (TPSA) is 114 Å². The van der Waals surface area contributed by atoms with Crippen LogP contribution in [0, 0.1) is 21.4 Å². The largest absolute Gasteiger partial charge is 0.493 e. The van der Waals surface area contributed by atoms with E-state index in [9.17, 15) is 14.9 Å². The van der Waals surface area contributed by atoms with E-state index >= 15 is 0 Å². The number of methoxy groups -OCH3 is 1. The molecule has 2 rings (SSSR count). The minimum Gasteiger partial charge on any atom is -0.493 e. The number of rotatable bonds is 6. The molecule has 1 N–H and O–H groups in total. The number of carbonyl (C=O) groups is 1. The van der Waals surface area contributed by atoms with Crippen LogP contribution in [0.25, 0.3) is 0 Å². The average molecular weight is 327 g/mol. The highest BCUT2D eigenvalue weighted by atomic mass is 16.6. The van der Waals surface area contributed by atoms with Crippen LogP contribution in [0.2, 0.25) is 0 Å². The van der Waals surface area contributed by atoms with Gasteiger partial charge in [0.2, 0.25) is 0 Å². The molecule has 24 heavy (non-hydrogen) atoms. The highest BCUT2D eigenvalue weighted by Crippen LogP contribution is 2.31. The number of ether oxygens (including phenoxy) is 2. The van der Waals surface area contributed by atoms with Gasteiger partial charge in [0.05, 0.1) is 29.7 Å². The van der Waals surface area contributed by atoms with E-state index in [-0.39, 0.29) is 23.8 Å². The number of nitro groups is 1. The van der Waals surface area contributed by atoms with E-state index < -0.39 is 10.8 Å². The van der Waals surface area contributed by atoms with E-state index in [1.165, 1.54) is 25.3 Å². The normalized spacial score (nSPS) is 9.67. The summed E-state index contributed by atoms with van der Waals surface area (Å²) in [6.45, 7) is -0.350. The van der Waals surface area contributed by atoms with Crippen molar-refractivity contribution in [1.29, 1.82) is 5.26 Å². The van der Waals surface area contributed by atoms with Crippen LogP contribution in [-0.2, 0) is 4.79 Å². The highest BCUT2D eigenvalue weighted by molar-refractivity contribution is 5.91. The van der Waals surface area contributed by atoms with Gasteiger partial charge in [0.15, 0.2) is 18.1 Å². The predicted molar refractivity (Wildman–Crippen MR) is 84.9 cm³/mol. The average Bonchev–Trinajstić information content (AvgIpc) is 2.60. The summed E-state index contributed by atoms with van der Waals surface area (Å²) in [4.78, 5) is 22.1. The van der Waals surface area contributed by atoms with Gasteiger partial charge in [0, 0.05) is 11.8 Å². The van der Waals surface area contributed by atoms with E-state index in [2.05, 4.69) is 5.32 Å². The fourth-order valence-corrected chi connectivity index (χ4v) is 1.86. The van der Waals surface area contributed by atoms with Gasteiger partial charge in [0.25, 0.3) is 11.6 Å². The summed E-state index contributed by atoms with van der Waals surface area (Å²) in [5, 5.41) is 22.1. The van der Waals surface area contributed by atoms with Crippen molar-refractivity contribution in [2.75, 3.05) is 19.0 Å². The molecule has 0 spiro atoms. The van der Waals surface area contributed by atoms with Gasteiger partial charge < -0.3 is 14.8 Å². The van der Waals surface area contributed by atoms with E-state index in [0.717, 1.165) is 0 Å². The Morgan fingerprint density at radius 3 is 2.54 bits per heavy atom. The molecular formula is C16H13N3O5. The summed E-state index contributed by atoms with van der Waals surface area (Å²) in [5.74, 6) is -0.0679. The molecule has 0 radical (unpaired) electrons. The van der Waals surface area contributed by atoms with Crippen LogP contribution in [0.5, 0.6) is 11.5 Å². The van der Waals surface area contributed by atoms with Crippen LogP contribution in [-0.4, -0.2) is 24.5 Å². The van der Waals surface area contributed by atoms with Gasteiger partial charge in [-0.15, -0.1) is 0 Å². The second kappa shape index (κ2) is 7.60. The van der Waals surface area contributed by atoms with Crippen molar-refractivity contribution in [1.82, 2.24) is 0 Å². The molecule has 122 valence electrons. The first kappa shape index (κ1) is 16.8. The summed E-state index contributed by atoms with van der Waals surface area (Å²) >= 11 is 0. The zero-order chi connectivity index (χ0) is 17.5. The van der Waals surface area contributed by atoms with Crippen molar-refractivity contribution >= 4 is 17.3 Å². The van der Waals surface area contributed by atoms with E-state index in [1.807, 2.05) is 6.07 Å². The van der Waals surface area contributed by atoms with Crippen LogP contribution in [0.3, 0.4) is 0 Å². The molecule has 0 aliphatic carbocycles. The molecule has 0 aliphatic rings. The van der Waals surface area contributed by atoms with Crippen LogP contribution in [0.1, 0.15) is 5.56 Å². The Kier molecular flexibility index (Phi) is 5.31. The fraction of sp³-hybridized carbons (Fsp3) is 0.125. The molecule has 0 unspecified atom stereocenters. The smallest absolute Gasteiger partial charge is 0.273 e. The number of hydrogen-bond donors (Lipinski definition) is 1. The molecule has 0 saturated heterocycles. The van der Waals surface area contributed by atoms with Crippen molar-refractivity contribution < 1.29 is 19.2 Å². The van der Waals surface area contributed by atoms with Crippen molar-refractivity contribution in [2.45, 2.75) is 0 Å². The molecule has 0 atom stereocenters. The zero-order valence-corrected chi connectivity index (χ0v) is 12.7. The Labute approximate surface area is 137 Å². The van der Waals surface area contributed by atoms with Gasteiger partial charge in [0.1, 0.15) is 0 Å². The minimum atomic E-state index is -0.566. The summed E-state index contributed by atoms with van der Waals surface area (Å²) < 4.78 is 10.4. The number of non-ortho nitro benzene ring substituents is 1. The Balaban J connectivity index is 2.01. The van der Waals surface area contributed by atoms with Gasteiger partial charge in [-0.05, 0) is 30.3 Å². The van der Waals surface area contributed by atoms with Crippen molar-refractivity contribution in [3.05, 3.63) is 58.1 Å². The van der Waals surface area contributed by atoms with Crippen LogP contribution in [0.4, 0.5) is 11.4 Å².